The zero-order valence-electron chi connectivity index (χ0n) is 7.50. The SMILES string of the molecule is CONC1=CC=C(C)C2=NONC12. The molecule has 0 aromatic heterocycles. The van der Waals surface area contributed by atoms with E-state index in [1.165, 1.54) is 0 Å². The van der Waals surface area contributed by atoms with Crippen molar-refractivity contribution in [3.8, 4) is 0 Å². The van der Waals surface area contributed by atoms with Gasteiger partial charge in [0.05, 0.1) is 12.8 Å². The third-order valence-electron chi connectivity index (χ3n) is 2.04. The zero-order valence-corrected chi connectivity index (χ0v) is 7.50. The molecule has 1 atom stereocenters. The van der Waals surface area contributed by atoms with E-state index in [4.69, 9.17) is 9.78 Å². The predicted molar refractivity (Wildman–Crippen MR) is 47.4 cm³/mol. The van der Waals surface area contributed by atoms with Crippen LogP contribution in [0.4, 0.5) is 0 Å². The van der Waals surface area contributed by atoms with Crippen molar-refractivity contribution in [2.24, 2.45) is 5.16 Å². The molecule has 2 N–H and O–H groups in total. The molecular weight excluding hydrogens is 170 g/mol. The summed E-state index contributed by atoms with van der Waals surface area (Å²) in [4.78, 5) is 9.63. The summed E-state index contributed by atoms with van der Waals surface area (Å²) in [5.74, 6) is 0. The van der Waals surface area contributed by atoms with E-state index in [0.717, 1.165) is 17.0 Å². The van der Waals surface area contributed by atoms with E-state index in [0.29, 0.717) is 0 Å². The minimum Gasteiger partial charge on any atom is -0.298 e. The summed E-state index contributed by atoms with van der Waals surface area (Å²) in [7, 11) is 1.57. The van der Waals surface area contributed by atoms with Crippen LogP contribution in [-0.4, -0.2) is 18.9 Å². The molecule has 1 aliphatic carbocycles. The highest BCUT2D eigenvalue weighted by molar-refractivity contribution is 6.06. The molecular formula is C8H11N3O2. The van der Waals surface area contributed by atoms with Crippen LogP contribution in [0.2, 0.25) is 0 Å². The Balaban J connectivity index is 2.26. The molecule has 1 unspecified atom stereocenters. The average molecular weight is 181 g/mol. The molecule has 70 valence electrons. The van der Waals surface area contributed by atoms with Gasteiger partial charge in [-0.3, -0.25) is 15.3 Å². The van der Waals surface area contributed by atoms with Gasteiger partial charge in [0, 0.05) is 0 Å². The molecule has 5 heteroatoms. The normalized spacial score (nSPS) is 25.4. The highest BCUT2D eigenvalue weighted by Gasteiger charge is 2.30. The first kappa shape index (κ1) is 8.28. The number of fused-ring (bicyclic) bond motifs is 1. The van der Waals surface area contributed by atoms with Gasteiger partial charge >= 0.3 is 0 Å². The lowest BCUT2D eigenvalue weighted by molar-refractivity contribution is 0.0538. The fourth-order valence-corrected chi connectivity index (χ4v) is 1.35. The van der Waals surface area contributed by atoms with Gasteiger partial charge in [-0.2, -0.15) is 0 Å². The molecule has 0 aromatic rings. The number of rotatable bonds is 2. The van der Waals surface area contributed by atoms with Crippen molar-refractivity contribution in [1.82, 2.24) is 11.0 Å². The van der Waals surface area contributed by atoms with Crippen molar-refractivity contribution in [3.63, 3.8) is 0 Å². The molecule has 0 saturated heterocycles. The van der Waals surface area contributed by atoms with Crippen LogP contribution in [0.15, 0.2) is 28.6 Å². The Kier molecular flexibility index (Phi) is 2.03. The number of nitrogens with zero attached hydrogens (tertiary/aromatic N) is 1. The molecule has 0 amide bonds. The van der Waals surface area contributed by atoms with Crippen molar-refractivity contribution in [2.45, 2.75) is 13.0 Å². The van der Waals surface area contributed by atoms with Gasteiger partial charge in [-0.1, -0.05) is 11.2 Å². The van der Waals surface area contributed by atoms with Crippen LogP contribution in [0.5, 0.6) is 0 Å². The van der Waals surface area contributed by atoms with Gasteiger partial charge in [-0.15, -0.1) is 5.48 Å². The Bertz CT molecular complexity index is 307. The molecule has 0 saturated carbocycles. The first-order chi connectivity index (χ1) is 6.33. The standard InChI is InChI=1S/C8H11N3O2/c1-5-3-4-6(9-12-2)8-7(5)10-13-11-8/h3-4,8-9,11H,1-2H3. The van der Waals surface area contributed by atoms with Gasteiger partial charge in [-0.25, -0.2) is 0 Å². The summed E-state index contributed by atoms with van der Waals surface area (Å²) >= 11 is 0. The van der Waals surface area contributed by atoms with Crippen molar-refractivity contribution in [2.75, 3.05) is 7.11 Å². The van der Waals surface area contributed by atoms with Gasteiger partial charge in [0.2, 0.25) is 0 Å². The lowest BCUT2D eigenvalue weighted by Crippen LogP contribution is -2.39. The van der Waals surface area contributed by atoms with E-state index in [2.05, 4.69) is 16.1 Å². The maximum atomic E-state index is 4.83. The number of hydroxylamine groups is 2. The first-order valence-corrected chi connectivity index (χ1v) is 4.00. The lowest BCUT2D eigenvalue weighted by atomic mass is 9.97. The molecule has 0 spiro atoms. The molecule has 1 aliphatic heterocycles. The molecule has 2 rings (SSSR count). The lowest BCUT2D eigenvalue weighted by Gasteiger charge is -2.18. The maximum absolute atomic E-state index is 4.83. The molecule has 0 bridgehead atoms. The van der Waals surface area contributed by atoms with E-state index < -0.39 is 0 Å². The maximum Gasteiger partial charge on any atom is 0.133 e. The third kappa shape index (κ3) is 1.32. The van der Waals surface area contributed by atoms with E-state index in [-0.39, 0.29) is 6.04 Å². The van der Waals surface area contributed by atoms with E-state index in [1.807, 2.05) is 19.1 Å². The summed E-state index contributed by atoms with van der Waals surface area (Å²) < 4.78 is 0. The van der Waals surface area contributed by atoms with E-state index >= 15 is 0 Å². The minimum atomic E-state index is -0.0371. The quantitative estimate of drug-likeness (QED) is 0.599. The Labute approximate surface area is 76.0 Å². The Morgan fingerprint density at radius 3 is 3.23 bits per heavy atom. The number of nitrogens with one attached hydrogen (secondary N) is 2. The monoisotopic (exact) mass is 181 g/mol. The smallest absolute Gasteiger partial charge is 0.133 e. The second-order valence-corrected chi connectivity index (χ2v) is 2.90. The predicted octanol–water partition coefficient (Wildman–Crippen LogP) is 0.241. The van der Waals surface area contributed by atoms with Crippen molar-refractivity contribution in [1.29, 1.82) is 0 Å². The summed E-state index contributed by atoms with van der Waals surface area (Å²) in [6, 6.07) is -0.0371. The Morgan fingerprint density at radius 1 is 1.62 bits per heavy atom. The van der Waals surface area contributed by atoms with E-state index in [9.17, 15) is 0 Å². The van der Waals surface area contributed by atoms with Crippen LogP contribution < -0.4 is 11.0 Å². The number of oxime groups is 1. The highest BCUT2D eigenvalue weighted by Crippen LogP contribution is 2.18. The molecule has 0 fully saturated rings. The van der Waals surface area contributed by atoms with Gasteiger partial charge < -0.3 is 0 Å². The Morgan fingerprint density at radius 2 is 2.46 bits per heavy atom. The second-order valence-electron chi connectivity index (χ2n) is 2.90. The summed E-state index contributed by atoms with van der Waals surface area (Å²) in [5, 5.41) is 3.87. The molecule has 0 radical (unpaired) electrons. The number of allylic oxidation sites excluding steroid dienone is 2. The van der Waals surface area contributed by atoms with Crippen LogP contribution in [0.3, 0.4) is 0 Å². The van der Waals surface area contributed by atoms with Gasteiger partial charge in [-0.05, 0) is 18.6 Å². The first-order valence-electron chi connectivity index (χ1n) is 4.00. The summed E-state index contributed by atoms with van der Waals surface area (Å²) in [5.41, 5.74) is 8.42. The summed E-state index contributed by atoms with van der Waals surface area (Å²) in [6.07, 6.45) is 3.90. The molecule has 2 aliphatic rings. The van der Waals surface area contributed by atoms with E-state index in [1.54, 1.807) is 7.11 Å². The Hall–Kier alpha value is -1.33. The highest BCUT2D eigenvalue weighted by atomic mass is 16.8. The molecule has 0 aromatic carbocycles. The third-order valence-corrected chi connectivity index (χ3v) is 2.04. The molecule has 5 nitrogen and oxygen atoms in total. The number of hydrogen-bond donors (Lipinski definition) is 2. The van der Waals surface area contributed by atoms with Gasteiger partial charge in [0.1, 0.15) is 11.8 Å². The van der Waals surface area contributed by atoms with Crippen LogP contribution in [0.1, 0.15) is 6.92 Å². The van der Waals surface area contributed by atoms with Crippen LogP contribution in [0, 0.1) is 0 Å². The van der Waals surface area contributed by atoms with Gasteiger partial charge in [0.15, 0.2) is 0 Å². The van der Waals surface area contributed by atoms with Crippen molar-refractivity contribution < 1.29 is 9.78 Å². The fraction of sp³-hybridized carbons (Fsp3) is 0.375. The van der Waals surface area contributed by atoms with Crippen molar-refractivity contribution in [3.05, 3.63) is 23.4 Å². The molecule has 1 heterocycles. The molecule has 13 heavy (non-hydrogen) atoms. The van der Waals surface area contributed by atoms with Crippen LogP contribution >= 0.6 is 0 Å². The fourth-order valence-electron chi connectivity index (χ4n) is 1.35. The zero-order chi connectivity index (χ0) is 9.26. The van der Waals surface area contributed by atoms with Gasteiger partial charge in [0.25, 0.3) is 0 Å². The van der Waals surface area contributed by atoms with Crippen molar-refractivity contribution >= 4 is 5.71 Å². The van der Waals surface area contributed by atoms with Crippen LogP contribution in [-0.2, 0) is 9.78 Å². The topological polar surface area (TPSA) is 54.9 Å². The second kappa shape index (κ2) is 3.20. The average Bonchev–Trinajstić information content (AvgIpc) is 2.59. The largest absolute Gasteiger partial charge is 0.298 e. The summed E-state index contributed by atoms with van der Waals surface area (Å²) in [6.45, 7) is 1.99. The minimum absolute atomic E-state index is 0.0371. The van der Waals surface area contributed by atoms with Crippen LogP contribution in [0.25, 0.3) is 0 Å². The number of hydrogen-bond acceptors (Lipinski definition) is 5.